The molecule has 174 valence electrons. The van der Waals surface area contributed by atoms with Crippen LogP contribution in [0.25, 0.3) is 0 Å². The van der Waals surface area contributed by atoms with E-state index in [1.807, 2.05) is 27.7 Å². The summed E-state index contributed by atoms with van der Waals surface area (Å²) in [6.07, 6.45) is -2.87. The van der Waals surface area contributed by atoms with Crippen LogP contribution in [0, 0.1) is 11.5 Å². The van der Waals surface area contributed by atoms with Crippen LogP contribution in [0.4, 0.5) is 0 Å². The zero-order valence-electron chi connectivity index (χ0n) is 20.5. The summed E-state index contributed by atoms with van der Waals surface area (Å²) in [5.41, 5.74) is 2.21. The molecule has 2 rings (SSSR count). The van der Waals surface area contributed by atoms with Gasteiger partial charge in [-0.3, -0.25) is 0 Å². The molecule has 0 aromatic carbocycles. The van der Waals surface area contributed by atoms with Crippen molar-refractivity contribution < 1.29 is 29.2 Å². The summed E-state index contributed by atoms with van der Waals surface area (Å²) in [5, 5.41) is 22.7. The second kappa shape index (κ2) is 8.60. The zero-order valence-corrected chi connectivity index (χ0v) is 22.5. The molecule has 2 heterocycles. The van der Waals surface area contributed by atoms with Crippen molar-refractivity contribution in [2.24, 2.45) is 0 Å². The molecular weight excluding hydrogens is 416 g/mol. The van der Waals surface area contributed by atoms with Crippen molar-refractivity contribution >= 4 is 16.1 Å². The molecule has 0 spiro atoms. The molecule has 0 amide bonds. The number of hydrogen-bond donors (Lipinski definition) is 2. The van der Waals surface area contributed by atoms with Crippen LogP contribution in [-0.2, 0) is 18.9 Å². The smallest absolute Gasteiger partial charge is 0.164 e. The predicted molar refractivity (Wildman–Crippen MR) is 124 cm³/mol. The number of aliphatic hydroxyl groups excluding tert-OH is 2. The number of ether oxygens (including phenoxy) is 4. The third kappa shape index (κ3) is 6.63. The highest BCUT2D eigenvalue weighted by Gasteiger charge is 2.63. The maximum Gasteiger partial charge on any atom is 0.164 e. The van der Waals surface area contributed by atoms with Crippen LogP contribution < -0.4 is 0 Å². The Morgan fingerprint density at radius 1 is 0.967 bits per heavy atom. The molecule has 0 bridgehead atoms. The minimum Gasteiger partial charge on any atom is -0.389 e. The summed E-state index contributed by atoms with van der Waals surface area (Å²) in [6.45, 7) is 20.8. The minimum atomic E-state index is -1.76. The van der Waals surface area contributed by atoms with Crippen molar-refractivity contribution in [1.82, 2.24) is 0 Å². The molecule has 0 aromatic heterocycles. The van der Waals surface area contributed by atoms with E-state index in [4.69, 9.17) is 18.9 Å². The number of rotatable bonds is 6. The van der Waals surface area contributed by atoms with Crippen molar-refractivity contribution in [3.63, 3.8) is 0 Å². The highest BCUT2D eigenvalue weighted by molar-refractivity contribution is 6.83. The Balaban J connectivity index is 2.41. The Kier molecular flexibility index (Phi) is 7.45. The lowest BCUT2D eigenvalue weighted by Crippen LogP contribution is -2.61. The van der Waals surface area contributed by atoms with Crippen LogP contribution in [0.5, 0.6) is 0 Å². The van der Waals surface area contributed by atoms with Gasteiger partial charge in [0.1, 0.15) is 32.0 Å². The summed E-state index contributed by atoms with van der Waals surface area (Å²) in [4.78, 5) is 0. The van der Waals surface area contributed by atoms with Gasteiger partial charge < -0.3 is 29.2 Å². The van der Waals surface area contributed by atoms with Gasteiger partial charge in [0.2, 0.25) is 0 Å². The molecule has 2 saturated heterocycles. The molecule has 2 N–H and O–H groups in total. The Morgan fingerprint density at radius 2 is 1.57 bits per heavy atom. The van der Waals surface area contributed by atoms with Gasteiger partial charge in [0.05, 0.1) is 12.7 Å². The van der Waals surface area contributed by atoms with Gasteiger partial charge in [-0.2, -0.15) is 0 Å². The molecular formula is C22H42O6Si2. The molecule has 0 radical (unpaired) electrons. The highest BCUT2D eigenvalue weighted by Crippen LogP contribution is 2.47. The van der Waals surface area contributed by atoms with Gasteiger partial charge in [-0.1, -0.05) is 39.3 Å². The van der Waals surface area contributed by atoms with E-state index < -0.39 is 57.7 Å². The van der Waals surface area contributed by atoms with E-state index in [1.54, 1.807) is 0 Å². The topological polar surface area (TPSA) is 77.4 Å². The molecule has 2 fully saturated rings. The molecule has 0 unspecified atom stereocenters. The van der Waals surface area contributed by atoms with Crippen LogP contribution in [0.15, 0.2) is 0 Å². The third-order valence-corrected chi connectivity index (χ3v) is 7.68. The van der Waals surface area contributed by atoms with E-state index in [0.717, 1.165) is 0 Å². The van der Waals surface area contributed by atoms with Crippen molar-refractivity contribution in [2.45, 2.75) is 121 Å². The van der Waals surface area contributed by atoms with Crippen molar-refractivity contribution in [3.8, 4) is 11.5 Å². The second-order valence-electron chi connectivity index (χ2n) is 11.9. The van der Waals surface area contributed by atoms with Crippen molar-refractivity contribution in [1.29, 1.82) is 0 Å². The predicted octanol–water partition coefficient (Wildman–Crippen LogP) is 3.36. The van der Waals surface area contributed by atoms with E-state index in [0.29, 0.717) is 6.04 Å². The average molecular weight is 459 g/mol. The van der Waals surface area contributed by atoms with Gasteiger partial charge in [0, 0.05) is 14.5 Å². The fraction of sp³-hybridized carbons (Fsp3) is 0.909. The van der Waals surface area contributed by atoms with Gasteiger partial charge in [-0.05, 0) is 33.7 Å². The molecule has 2 aliphatic heterocycles. The summed E-state index contributed by atoms with van der Waals surface area (Å²) >= 11 is 0. The van der Waals surface area contributed by atoms with E-state index in [-0.39, 0.29) is 13.0 Å². The zero-order chi connectivity index (χ0) is 23.2. The number of hydrogen-bond acceptors (Lipinski definition) is 6. The Hall–Kier alpha value is -0.246. The SMILES string of the molecule is CC1(C)OC[C@H]([C@@H](O)[C@@]2(C[Si](C)(C)C)OC(C)(C)O[C@H]2[C@@H](O)CC#C[Si](C)(C)C)O1. The van der Waals surface area contributed by atoms with Crippen LogP contribution in [0.3, 0.4) is 0 Å². The van der Waals surface area contributed by atoms with Gasteiger partial charge in [0.25, 0.3) is 0 Å². The normalized spacial score (nSPS) is 33.1. The first-order valence-corrected chi connectivity index (χ1v) is 18.1. The fourth-order valence-corrected chi connectivity index (χ4v) is 7.13. The first kappa shape index (κ1) is 26.0. The monoisotopic (exact) mass is 458 g/mol. The van der Waals surface area contributed by atoms with Crippen LogP contribution in [0.2, 0.25) is 45.3 Å². The molecule has 5 atom stereocenters. The van der Waals surface area contributed by atoms with E-state index in [9.17, 15) is 10.2 Å². The first-order valence-electron chi connectivity index (χ1n) is 10.9. The molecule has 6 nitrogen and oxygen atoms in total. The summed E-state index contributed by atoms with van der Waals surface area (Å²) < 4.78 is 24.4. The summed E-state index contributed by atoms with van der Waals surface area (Å²) in [5.74, 6) is 1.45. The molecule has 30 heavy (non-hydrogen) atoms. The van der Waals surface area contributed by atoms with Gasteiger partial charge in [-0.15, -0.1) is 11.5 Å². The van der Waals surface area contributed by atoms with Gasteiger partial charge in [-0.25, -0.2) is 0 Å². The maximum atomic E-state index is 11.6. The fourth-order valence-electron chi connectivity index (χ4n) is 4.36. The van der Waals surface area contributed by atoms with Crippen LogP contribution in [0.1, 0.15) is 34.1 Å². The van der Waals surface area contributed by atoms with E-state index in [2.05, 4.69) is 50.7 Å². The van der Waals surface area contributed by atoms with Crippen molar-refractivity contribution in [2.75, 3.05) is 6.61 Å². The van der Waals surface area contributed by atoms with Crippen molar-refractivity contribution in [3.05, 3.63) is 0 Å². The third-order valence-electron chi connectivity index (χ3n) is 5.14. The average Bonchev–Trinajstić information content (AvgIpc) is 3.00. The lowest BCUT2D eigenvalue weighted by Gasteiger charge is -2.43. The molecule has 0 aliphatic carbocycles. The van der Waals surface area contributed by atoms with Crippen LogP contribution in [-0.4, -0.2) is 74.6 Å². The first-order chi connectivity index (χ1) is 13.4. The van der Waals surface area contributed by atoms with E-state index in [1.165, 1.54) is 0 Å². The lowest BCUT2D eigenvalue weighted by atomic mass is 9.85. The largest absolute Gasteiger partial charge is 0.389 e. The Morgan fingerprint density at radius 3 is 2.03 bits per heavy atom. The lowest BCUT2D eigenvalue weighted by molar-refractivity contribution is -0.205. The van der Waals surface area contributed by atoms with E-state index >= 15 is 0 Å². The highest BCUT2D eigenvalue weighted by atomic mass is 28.3. The molecule has 0 aromatic rings. The summed E-state index contributed by atoms with van der Waals surface area (Å²) in [7, 11) is -3.31. The van der Waals surface area contributed by atoms with Gasteiger partial charge in [0.15, 0.2) is 11.6 Å². The quantitative estimate of drug-likeness (QED) is 0.469. The molecule has 8 heteroatoms. The van der Waals surface area contributed by atoms with Crippen LogP contribution >= 0.6 is 0 Å². The maximum absolute atomic E-state index is 11.6. The standard InChI is InChI=1S/C22H42O6Si2/c1-20(2)25-14-17(26-20)18(24)22(15-30(8,9)10)19(27-21(3,4)28-22)16(23)12-11-13-29(5,6)7/h16-19,23-24H,12,14-15H2,1-10H3/t16-,17+,18+,19-,22+/m0/s1. The summed E-state index contributed by atoms with van der Waals surface area (Å²) in [6, 6.07) is 0.619. The Labute approximate surface area is 184 Å². The second-order valence-corrected chi connectivity index (χ2v) is 22.1. The Bertz CT molecular complexity index is 670. The molecule has 2 aliphatic rings. The number of aliphatic hydroxyl groups is 2. The van der Waals surface area contributed by atoms with Gasteiger partial charge >= 0.3 is 0 Å². The minimum absolute atomic E-state index is 0.268. The molecule has 0 saturated carbocycles.